The van der Waals surface area contributed by atoms with Gasteiger partial charge in [0.1, 0.15) is 0 Å². The molecule has 5 heteroatoms. The average molecular weight is 407 g/mol. The lowest BCUT2D eigenvalue weighted by molar-refractivity contribution is 0.0818. The minimum atomic E-state index is 0.504. The normalized spacial score (nSPS) is 12.5. The number of carbonyl (C=O) groups excluding carboxylic acids is 1. The zero-order valence-corrected chi connectivity index (χ0v) is 19.2. The molecule has 2 atom stereocenters. The van der Waals surface area contributed by atoms with Crippen LogP contribution >= 0.6 is 11.3 Å². The number of hydrogen-bond acceptors (Lipinski definition) is 4. The summed E-state index contributed by atoms with van der Waals surface area (Å²) in [6.07, 6.45) is 12.9. The Bertz CT molecular complexity index is 620. The Hall–Kier alpha value is -1.72. The fourth-order valence-electron chi connectivity index (χ4n) is 2.43. The van der Waals surface area contributed by atoms with Crippen LogP contribution in [0.1, 0.15) is 77.3 Å². The van der Waals surface area contributed by atoms with E-state index in [0.29, 0.717) is 12.5 Å². The van der Waals surface area contributed by atoms with Gasteiger partial charge in [0, 0.05) is 18.2 Å². The molecule has 4 nitrogen and oxygen atoms in total. The number of nitrogens with zero attached hydrogens (tertiary/aromatic N) is 2. The van der Waals surface area contributed by atoms with Crippen molar-refractivity contribution in [2.45, 2.75) is 72.8 Å². The molecule has 158 valence electrons. The summed E-state index contributed by atoms with van der Waals surface area (Å²) in [5.74, 6) is 0.861. The Kier molecular flexibility index (Phi) is 16.3. The van der Waals surface area contributed by atoms with E-state index in [1.165, 1.54) is 41.7 Å². The van der Waals surface area contributed by atoms with E-state index in [0.717, 1.165) is 11.6 Å². The first-order valence-corrected chi connectivity index (χ1v) is 11.3. The standard InChI is InChI=1S/C11H24O.C10H8N2OS.C2H6/c1-5-7-11(12-4)9-8-10(3)6-2;13-8-12-6-5-9(11-12)3-4-10-2-1-7-14-10;1-2/h10-11H,5-9H2,1-4H3;1-8H;1-2H3/b;4-3+;. The molecule has 0 aliphatic heterocycles. The molecular weight excluding hydrogens is 368 g/mol. The minimum absolute atomic E-state index is 0.504. The second-order valence-corrected chi connectivity index (χ2v) is 7.39. The molecule has 0 aliphatic carbocycles. The molecule has 0 saturated carbocycles. The molecule has 2 aromatic heterocycles. The summed E-state index contributed by atoms with van der Waals surface area (Å²) >= 11 is 1.66. The summed E-state index contributed by atoms with van der Waals surface area (Å²) in [6, 6.07) is 5.81. The van der Waals surface area contributed by atoms with E-state index in [1.54, 1.807) is 23.6 Å². The van der Waals surface area contributed by atoms with Crippen LogP contribution in [0.15, 0.2) is 29.8 Å². The van der Waals surface area contributed by atoms with Gasteiger partial charge in [-0.15, -0.1) is 11.3 Å². The highest BCUT2D eigenvalue weighted by molar-refractivity contribution is 7.10. The molecule has 0 bridgehead atoms. The maximum absolute atomic E-state index is 10.3. The van der Waals surface area contributed by atoms with Crippen molar-refractivity contribution >= 4 is 29.9 Å². The van der Waals surface area contributed by atoms with Crippen molar-refractivity contribution in [2.24, 2.45) is 5.92 Å². The third-order valence-corrected chi connectivity index (χ3v) is 5.16. The zero-order valence-electron chi connectivity index (χ0n) is 18.4. The van der Waals surface area contributed by atoms with Crippen LogP contribution in [0.4, 0.5) is 0 Å². The number of methoxy groups -OCH3 is 1. The highest BCUT2D eigenvalue weighted by Gasteiger charge is 2.07. The number of rotatable bonds is 10. The second kappa shape index (κ2) is 17.4. The van der Waals surface area contributed by atoms with E-state index < -0.39 is 0 Å². The predicted molar refractivity (Wildman–Crippen MR) is 123 cm³/mol. The van der Waals surface area contributed by atoms with Gasteiger partial charge in [-0.25, -0.2) is 4.68 Å². The molecule has 0 fully saturated rings. The Morgan fingerprint density at radius 1 is 1.18 bits per heavy atom. The SMILES string of the molecule is CC.CCCC(CCC(C)CC)OC.O=Cn1ccc(/C=C/c2cccs2)n1. The van der Waals surface area contributed by atoms with Crippen LogP contribution < -0.4 is 0 Å². The first-order chi connectivity index (χ1) is 13.6. The lowest BCUT2D eigenvalue weighted by atomic mass is 9.99. The van der Waals surface area contributed by atoms with Crippen LogP contribution in [0.3, 0.4) is 0 Å². The highest BCUT2D eigenvalue weighted by atomic mass is 32.1. The van der Waals surface area contributed by atoms with Crippen LogP contribution in [-0.2, 0) is 9.53 Å². The van der Waals surface area contributed by atoms with Crippen molar-refractivity contribution in [1.29, 1.82) is 0 Å². The van der Waals surface area contributed by atoms with E-state index in [2.05, 4.69) is 25.9 Å². The molecule has 0 aromatic carbocycles. The summed E-state index contributed by atoms with van der Waals surface area (Å²) in [7, 11) is 1.83. The van der Waals surface area contributed by atoms with Gasteiger partial charge in [0.15, 0.2) is 0 Å². The molecule has 2 rings (SSSR count). The minimum Gasteiger partial charge on any atom is -0.381 e. The summed E-state index contributed by atoms with van der Waals surface area (Å²) in [5.41, 5.74) is 0.783. The van der Waals surface area contributed by atoms with Gasteiger partial charge in [0.25, 0.3) is 0 Å². The maximum atomic E-state index is 10.3. The number of ether oxygens (including phenoxy) is 1. The largest absolute Gasteiger partial charge is 0.381 e. The monoisotopic (exact) mass is 406 g/mol. The van der Waals surface area contributed by atoms with Gasteiger partial charge >= 0.3 is 0 Å². The van der Waals surface area contributed by atoms with Gasteiger partial charge in [0.2, 0.25) is 6.41 Å². The van der Waals surface area contributed by atoms with Crippen molar-refractivity contribution in [3.8, 4) is 0 Å². The molecule has 0 saturated heterocycles. The van der Waals surface area contributed by atoms with E-state index in [4.69, 9.17) is 4.74 Å². The topological polar surface area (TPSA) is 44.1 Å². The Morgan fingerprint density at radius 2 is 1.93 bits per heavy atom. The van der Waals surface area contributed by atoms with Crippen molar-refractivity contribution < 1.29 is 9.53 Å². The highest BCUT2D eigenvalue weighted by Crippen LogP contribution is 2.15. The molecule has 0 N–H and O–H groups in total. The summed E-state index contributed by atoms with van der Waals surface area (Å²) in [6.45, 7) is 10.8. The number of hydrogen-bond donors (Lipinski definition) is 0. The Labute approximate surface area is 175 Å². The fourth-order valence-corrected chi connectivity index (χ4v) is 3.05. The predicted octanol–water partition coefficient (Wildman–Crippen LogP) is 6.81. The number of thiophene rings is 1. The molecule has 0 spiro atoms. The van der Waals surface area contributed by atoms with Crippen LogP contribution in [0.2, 0.25) is 0 Å². The third-order valence-electron chi connectivity index (χ3n) is 4.32. The van der Waals surface area contributed by atoms with Crippen LogP contribution in [0.25, 0.3) is 12.2 Å². The summed E-state index contributed by atoms with van der Waals surface area (Å²) in [4.78, 5) is 11.5. The molecule has 28 heavy (non-hydrogen) atoms. The summed E-state index contributed by atoms with van der Waals surface area (Å²) < 4.78 is 6.63. The smallest absolute Gasteiger partial charge is 0.234 e. The van der Waals surface area contributed by atoms with E-state index in [9.17, 15) is 4.79 Å². The molecule has 2 heterocycles. The van der Waals surface area contributed by atoms with Crippen LogP contribution in [0.5, 0.6) is 0 Å². The van der Waals surface area contributed by atoms with Crippen molar-refractivity contribution in [1.82, 2.24) is 9.78 Å². The Balaban J connectivity index is 0.000000485. The molecular formula is C23H38N2O2S. The molecule has 0 radical (unpaired) electrons. The van der Waals surface area contributed by atoms with Gasteiger partial charge in [0.05, 0.1) is 11.8 Å². The van der Waals surface area contributed by atoms with Gasteiger partial charge in [-0.2, -0.15) is 5.10 Å². The lowest BCUT2D eigenvalue weighted by Crippen LogP contribution is -2.11. The van der Waals surface area contributed by atoms with Gasteiger partial charge in [-0.1, -0.05) is 53.5 Å². The van der Waals surface area contributed by atoms with Crippen molar-refractivity contribution in [3.63, 3.8) is 0 Å². The lowest BCUT2D eigenvalue weighted by Gasteiger charge is -2.16. The van der Waals surface area contributed by atoms with Crippen LogP contribution in [-0.4, -0.2) is 29.4 Å². The van der Waals surface area contributed by atoms with E-state index in [1.807, 2.05) is 50.6 Å². The van der Waals surface area contributed by atoms with E-state index in [-0.39, 0.29) is 0 Å². The second-order valence-electron chi connectivity index (χ2n) is 6.41. The van der Waals surface area contributed by atoms with Crippen molar-refractivity contribution in [3.05, 3.63) is 40.3 Å². The maximum Gasteiger partial charge on any atom is 0.234 e. The molecule has 2 unspecified atom stereocenters. The van der Waals surface area contributed by atoms with Gasteiger partial charge < -0.3 is 4.74 Å². The number of aromatic nitrogens is 2. The first kappa shape index (κ1) is 26.3. The molecule has 0 aliphatic rings. The Morgan fingerprint density at radius 3 is 2.43 bits per heavy atom. The number of carbonyl (C=O) groups is 1. The molecule has 0 amide bonds. The zero-order chi connectivity index (χ0) is 21.2. The first-order valence-electron chi connectivity index (χ1n) is 10.4. The average Bonchev–Trinajstić information content (AvgIpc) is 3.42. The van der Waals surface area contributed by atoms with Crippen molar-refractivity contribution in [2.75, 3.05) is 7.11 Å². The summed E-state index contributed by atoms with van der Waals surface area (Å²) in [5, 5.41) is 6.01. The molecule has 2 aromatic rings. The quantitative estimate of drug-likeness (QED) is 0.407. The van der Waals surface area contributed by atoms with Gasteiger partial charge in [-0.3, -0.25) is 4.79 Å². The third kappa shape index (κ3) is 11.9. The van der Waals surface area contributed by atoms with Gasteiger partial charge in [-0.05, 0) is 54.8 Å². The van der Waals surface area contributed by atoms with Crippen LogP contribution in [0, 0.1) is 5.92 Å². The van der Waals surface area contributed by atoms with E-state index >= 15 is 0 Å². The fraction of sp³-hybridized carbons (Fsp3) is 0.565.